The molecule has 206 valence electrons. The van der Waals surface area contributed by atoms with Gasteiger partial charge in [0.2, 0.25) is 5.91 Å². The molecule has 1 amide bonds. The zero-order valence-electron chi connectivity index (χ0n) is 23.5. The summed E-state index contributed by atoms with van der Waals surface area (Å²) in [6.45, 7) is 4.41. The first kappa shape index (κ1) is 26.6. The quantitative estimate of drug-likeness (QED) is 0.269. The number of ketones is 1. The number of amides is 1. The lowest BCUT2D eigenvalue weighted by Gasteiger charge is -2.35. The number of Topliss-reactive ketones (excluding diaryl/α,β-unsaturated/α-hetero) is 1. The molecule has 1 N–H and O–H groups in total. The first-order valence-electron chi connectivity index (χ1n) is 14.3. The van der Waals surface area contributed by atoms with Crippen LogP contribution in [0.15, 0.2) is 114 Å². The topological polar surface area (TPSA) is 58.6 Å². The Hall–Kier alpha value is -4.64. The maximum absolute atomic E-state index is 14.1. The van der Waals surface area contributed by atoms with Crippen LogP contribution in [-0.4, -0.2) is 11.7 Å². The number of hydrogen-bond acceptors (Lipinski definition) is 4. The number of aryl methyl sites for hydroxylation is 1. The minimum Gasteiger partial charge on any atom is -0.489 e. The highest BCUT2D eigenvalue weighted by Gasteiger charge is 2.41. The highest BCUT2D eigenvalue weighted by molar-refractivity contribution is 6.06. The maximum Gasteiger partial charge on any atom is 0.227 e. The number of rotatable bonds is 6. The number of allylic oxidation sites excluding steroid dienone is 1. The Morgan fingerprint density at radius 1 is 0.854 bits per heavy atom. The summed E-state index contributed by atoms with van der Waals surface area (Å²) in [6.07, 6.45) is 1.43. The molecule has 5 nitrogen and oxygen atoms in total. The van der Waals surface area contributed by atoms with Crippen molar-refractivity contribution >= 4 is 23.1 Å². The minimum atomic E-state index is -0.539. The fourth-order valence-corrected chi connectivity index (χ4v) is 5.91. The Labute approximate surface area is 241 Å². The van der Waals surface area contributed by atoms with E-state index in [4.69, 9.17) is 4.74 Å². The SMILES string of the molecule is CCC(=O)N1c2ccccc2NC2=C(C(=O)C[C@H](c3ccc(C)cc3)C2)[C@H]1c1ccc(OCc2ccccc2)cc1. The van der Waals surface area contributed by atoms with E-state index in [1.165, 1.54) is 5.56 Å². The van der Waals surface area contributed by atoms with Crippen LogP contribution in [0.5, 0.6) is 5.75 Å². The molecule has 0 saturated heterocycles. The van der Waals surface area contributed by atoms with Crippen LogP contribution in [0.2, 0.25) is 0 Å². The van der Waals surface area contributed by atoms with Gasteiger partial charge in [0.15, 0.2) is 5.78 Å². The standard InChI is InChI=1S/C36H34N2O3/c1-3-34(40)38-32-12-8-7-11-30(32)37-31-21-28(26-15-13-24(2)14-16-26)22-33(39)35(31)36(38)27-17-19-29(20-18-27)41-23-25-9-5-4-6-10-25/h4-20,28,36-37H,3,21-23H2,1-2H3/t28-,36-/m1/s1. The maximum atomic E-state index is 14.1. The van der Waals surface area contributed by atoms with Gasteiger partial charge in [0.1, 0.15) is 12.4 Å². The molecule has 0 bridgehead atoms. The van der Waals surface area contributed by atoms with Gasteiger partial charge in [-0.05, 0) is 60.2 Å². The predicted molar refractivity (Wildman–Crippen MR) is 163 cm³/mol. The van der Waals surface area contributed by atoms with Crippen molar-refractivity contribution in [2.45, 2.75) is 51.7 Å². The van der Waals surface area contributed by atoms with Gasteiger partial charge >= 0.3 is 0 Å². The van der Waals surface area contributed by atoms with E-state index in [2.05, 4.69) is 36.5 Å². The second-order valence-electron chi connectivity index (χ2n) is 10.8. The molecule has 0 fully saturated rings. The lowest BCUT2D eigenvalue weighted by molar-refractivity contribution is -0.119. The van der Waals surface area contributed by atoms with Gasteiger partial charge in [-0.1, -0.05) is 91.3 Å². The molecule has 0 saturated carbocycles. The lowest BCUT2D eigenvalue weighted by atomic mass is 9.78. The summed E-state index contributed by atoms with van der Waals surface area (Å²) in [5.74, 6) is 0.849. The van der Waals surface area contributed by atoms with Gasteiger partial charge in [0, 0.05) is 24.1 Å². The molecule has 4 aromatic rings. The number of anilines is 2. The minimum absolute atomic E-state index is 0.0316. The zero-order chi connectivity index (χ0) is 28.3. The van der Waals surface area contributed by atoms with Gasteiger partial charge in [-0.2, -0.15) is 0 Å². The van der Waals surface area contributed by atoms with Crippen molar-refractivity contribution < 1.29 is 14.3 Å². The molecule has 0 radical (unpaired) electrons. The Morgan fingerprint density at radius 3 is 2.27 bits per heavy atom. The number of carbonyl (C=O) groups excluding carboxylic acids is 2. The molecule has 1 aliphatic heterocycles. The second-order valence-corrected chi connectivity index (χ2v) is 10.8. The number of nitrogens with one attached hydrogen (secondary N) is 1. The Balaban J connectivity index is 1.41. The molecule has 0 aromatic heterocycles. The molecule has 4 aromatic carbocycles. The highest BCUT2D eigenvalue weighted by atomic mass is 16.5. The van der Waals surface area contributed by atoms with Gasteiger partial charge in [-0.15, -0.1) is 0 Å². The molecule has 0 unspecified atom stereocenters. The molecule has 5 heteroatoms. The summed E-state index contributed by atoms with van der Waals surface area (Å²) in [5, 5.41) is 3.60. The molecule has 6 rings (SSSR count). The van der Waals surface area contributed by atoms with E-state index in [9.17, 15) is 9.59 Å². The van der Waals surface area contributed by atoms with E-state index in [1.807, 2.05) is 90.7 Å². The molecular formula is C36H34N2O3. The van der Waals surface area contributed by atoms with E-state index in [-0.39, 0.29) is 17.6 Å². The summed E-state index contributed by atoms with van der Waals surface area (Å²) < 4.78 is 6.04. The van der Waals surface area contributed by atoms with Crippen molar-refractivity contribution in [1.82, 2.24) is 0 Å². The summed E-state index contributed by atoms with van der Waals surface area (Å²) in [5.41, 5.74) is 7.51. The molecule has 1 aliphatic carbocycles. The van der Waals surface area contributed by atoms with Gasteiger partial charge in [0.05, 0.1) is 17.4 Å². The molecule has 1 heterocycles. The van der Waals surface area contributed by atoms with Crippen LogP contribution >= 0.6 is 0 Å². The third kappa shape index (κ3) is 5.40. The average Bonchev–Trinajstić information content (AvgIpc) is 3.15. The monoisotopic (exact) mass is 542 g/mol. The highest BCUT2D eigenvalue weighted by Crippen LogP contribution is 2.47. The number of ether oxygens (including phenoxy) is 1. The van der Waals surface area contributed by atoms with E-state index < -0.39 is 6.04 Å². The second kappa shape index (κ2) is 11.5. The number of hydrogen-bond donors (Lipinski definition) is 1. The van der Waals surface area contributed by atoms with Crippen molar-refractivity contribution in [3.05, 3.63) is 137 Å². The first-order valence-corrected chi connectivity index (χ1v) is 14.3. The Kier molecular flexibility index (Phi) is 7.43. The summed E-state index contributed by atoms with van der Waals surface area (Å²) in [7, 11) is 0. The smallest absolute Gasteiger partial charge is 0.227 e. The van der Waals surface area contributed by atoms with Crippen molar-refractivity contribution in [3.63, 3.8) is 0 Å². The summed E-state index contributed by atoms with van der Waals surface area (Å²) >= 11 is 0. The predicted octanol–water partition coefficient (Wildman–Crippen LogP) is 7.88. The van der Waals surface area contributed by atoms with Crippen LogP contribution in [0.1, 0.15) is 60.4 Å². The van der Waals surface area contributed by atoms with E-state index in [0.29, 0.717) is 31.4 Å². The molecular weight excluding hydrogens is 508 g/mol. The van der Waals surface area contributed by atoms with E-state index in [1.54, 1.807) is 0 Å². The lowest BCUT2D eigenvalue weighted by Crippen LogP contribution is -2.38. The number of para-hydroxylation sites is 2. The number of fused-ring (bicyclic) bond motifs is 1. The third-order valence-electron chi connectivity index (χ3n) is 8.05. The van der Waals surface area contributed by atoms with Crippen LogP contribution < -0.4 is 15.0 Å². The number of carbonyl (C=O) groups is 2. The third-order valence-corrected chi connectivity index (χ3v) is 8.05. The molecule has 0 spiro atoms. The Morgan fingerprint density at radius 2 is 1.54 bits per heavy atom. The number of benzene rings is 4. The molecule has 2 aliphatic rings. The molecule has 41 heavy (non-hydrogen) atoms. The van der Waals surface area contributed by atoms with Crippen LogP contribution in [0.4, 0.5) is 11.4 Å². The van der Waals surface area contributed by atoms with E-state index >= 15 is 0 Å². The van der Waals surface area contributed by atoms with E-state index in [0.717, 1.165) is 39.5 Å². The van der Waals surface area contributed by atoms with Gasteiger partial charge in [-0.3, -0.25) is 14.5 Å². The van der Waals surface area contributed by atoms with Crippen molar-refractivity contribution in [2.75, 3.05) is 10.2 Å². The summed E-state index contributed by atoms with van der Waals surface area (Å²) in [4.78, 5) is 29.5. The van der Waals surface area contributed by atoms with Crippen molar-refractivity contribution in [1.29, 1.82) is 0 Å². The van der Waals surface area contributed by atoms with Crippen LogP contribution in [0.25, 0.3) is 0 Å². The first-order chi connectivity index (χ1) is 20.0. The zero-order valence-corrected chi connectivity index (χ0v) is 23.5. The normalized spacial score (nSPS) is 18.2. The van der Waals surface area contributed by atoms with Crippen molar-refractivity contribution in [2.24, 2.45) is 0 Å². The van der Waals surface area contributed by atoms with Gasteiger partial charge in [-0.25, -0.2) is 0 Å². The average molecular weight is 543 g/mol. The molecule has 2 atom stereocenters. The Bertz CT molecular complexity index is 1590. The van der Waals surface area contributed by atoms with Gasteiger partial charge < -0.3 is 10.1 Å². The van der Waals surface area contributed by atoms with Crippen LogP contribution in [0.3, 0.4) is 0 Å². The number of nitrogens with zero attached hydrogens (tertiary/aromatic N) is 1. The van der Waals surface area contributed by atoms with Crippen molar-refractivity contribution in [3.8, 4) is 5.75 Å². The van der Waals surface area contributed by atoms with Crippen LogP contribution in [-0.2, 0) is 16.2 Å². The van der Waals surface area contributed by atoms with Crippen LogP contribution in [0, 0.1) is 6.92 Å². The largest absolute Gasteiger partial charge is 0.489 e. The summed E-state index contributed by atoms with van der Waals surface area (Å²) in [6, 6.07) is 33.6. The fourth-order valence-electron chi connectivity index (χ4n) is 5.91. The fraction of sp³-hybridized carbons (Fsp3) is 0.222. The van der Waals surface area contributed by atoms with Gasteiger partial charge in [0.25, 0.3) is 0 Å².